The number of aromatic amines is 1. The maximum atomic E-state index is 5.85. The van der Waals surface area contributed by atoms with Gasteiger partial charge < -0.3 is 15.5 Å². The molecule has 3 rings (SSSR count). The maximum Gasteiger partial charge on any atom is 0.119 e. The van der Waals surface area contributed by atoms with Crippen molar-refractivity contribution in [2.75, 3.05) is 5.73 Å². The van der Waals surface area contributed by atoms with Gasteiger partial charge in [0.1, 0.15) is 18.2 Å². The van der Waals surface area contributed by atoms with Crippen LogP contribution in [0.2, 0.25) is 0 Å². The molecule has 0 radical (unpaired) electrons. The first-order valence-electron chi connectivity index (χ1n) is 7.51. The Morgan fingerprint density at radius 2 is 1.73 bits per heavy atom. The van der Waals surface area contributed by atoms with E-state index in [4.69, 9.17) is 10.5 Å². The lowest BCUT2D eigenvalue weighted by Gasteiger charge is -2.08. The van der Waals surface area contributed by atoms with Crippen LogP contribution in [-0.2, 0) is 13.0 Å². The van der Waals surface area contributed by atoms with Gasteiger partial charge in [0.25, 0.3) is 0 Å². The van der Waals surface area contributed by atoms with Gasteiger partial charge in [-0.2, -0.15) is 0 Å². The van der Waals surface area contributed by atoms with Crippen molar-refractivity contribution in [1.82, 2.24) is 4.98 Å². The van der Waals surface area contributed by atoms with E-state index in [-0.39, 0.29) is 0 Å². The van der Waals surface area contributed by atoms with Crippen molar-refractivity contribution in [3.05, 3.63) is 71.8 Å². The fourth-order valence-corrected chi connectivity index (χ4v) is 2.52. The van der Waals surface area contributed by atoms with Crippen LogP contribution in [0.15, 0.2) is 60.7 Å². The topological polar surface area (TPSA) is 51.0 Å². The van der Waals surface area contributed by atoms with Gasteiger partial charge in [-0.3, -0.25) is 0 Å². The number of nitrogens with one attached hydrogen (secondary N) is 1. The highest BCUT2D eigenvalue weighted by Crippen LogP contribution is 2.27. The van der Waals surface area contributed by atoms with Crippen LogP contribution in [0.4, 0.5) is 5.82 Å². The molecular weight excluding hydrogens is 272 g/mol. The Hall–Kier alpha value is -2.68. The lowest BCUT2D eigenvalue weighted by atomic mass is 10.1. The summed E-state index contributed by atoms with van der Waals surface area (Å²) in [6, 6.07) is 20.3. The summed E-state index contributed by atoms with van der Waals surface area (Å²) >= 11 is 0. The zero-order valence-electron chi connectivity index (χ0n) is 12.7. The Balaban J connectivity index is 1.72. The lowest BCUT2D eigenvalue weighted by molar-refractivity contribution is 0.306. The van der Waals surface area contributed by atoms with E-state index >= 15 is 0 Å². The zero-order valence-corrected chi connectivity index (χ0v) is 12.7. The molecule has 0 saturated carbocycles. The second-order valence-corrected chi connectivity index (χ2v) is 5.28. The molecule has 1 aromatic heterocycles. The molecule has 3 N–H and O–H groups in total. The molecule has 0 aliphatic carbocycles. The smallest absolute Gasteiger partial charge is 0.119 e. The maximum absolute atomic E-state index is 5.85. The van der Waals surface area contributed by atoms with Crippen molar-refractivity contribution < 1.29 is 4.74 Å². The molecule has 0 fully saturated rings. The Morgan fingerprint density at radius 3 is 2.41 bits per heavy atom. The molecule has 3 heteroatoms. The van der Waals surface area contributed by atoms with Crippen molar-refractivity contribution >= 4 is 5.82 Å². The van der Waals surface area contributed by atoms with Crippen molar-refractivity contribution in [2.24, 2.45) is 0 Å². The minimum atomic E-state index is 0.579. The third-order valence-electron chi connectivity index (χ3n) is 3.69. The van der Waals surface area contributed by atoms with E-state index in [1.807, 2.05) is 36.4 Å². The second-order valence-electron chi connectivity index (χ2n) is 5.28. The SMILES string of the molecule is CCc1cc(N)[nH]c1-c1ccc(OCc2ccccc2)cc1. The van der Waals surface area contributed by atoms with Crippen LogP contribution in [0.5, 0.6) is 5.75 Å². The molecule has 3 aromatic rings. The van der Waals surface area contributed by atoms with Crippen molar-refractivity contribution in [2.45, 2.75) is 20.0 Å². The summed E-state index contributed by atoms with van der Waals surface area (Å²) in [4.78, 5) is 3.23. The average molecular weight is 292 g/mol. The molecule has 0 saturated heterocycles. The quantitative estimate of drug-likeness (QED) is 0.732. The van der Waals surface area contributed by atoms with E-state index < -0.39 is 0 Å². The zero-order chi connectivity index (χ0) is 15.4. The molecule has 0 atom stereocenters. The van der Waals surface area contributed by atoms with Crippen LogP contribution < -0.4 is 10.5 Å². The number of aryl methyl sites for hydroxylation is 1. The number of aromatic nitrogens is 1. The summed E-state index contributed by atoms with van der Waals surface area (Å²) in [5, 5.41) is 0. The lowest BCUT2D eigenvalue weighted by Crippen LogP contribution is -1.94. The number of hydrogen-bond donors (Lipinski definition) is 2. The number of benzene rings is 2. The largest absolute Gasteiger partial charge is 0.489 e. The van der Waals surface area contributed by atoms with Crippen LogP contribution in [0.1, 0.15) is 18.1 Å². The summed E-state index contributed by atoms with van der Waals surface area (Å²) in [6.45, 7) is 2.71. The van der Waals surface area contributed by atoms with Gasteiger partial charge in [-0.05, 0) is 53.4 Å². The van der Waals surface area contributed by atoms with Gasteiger partial charge in [-0.1, -0.05) is 37.3 Å². The summed E-state index contributed by atoms with van der Waals surface area (Å²) in [5.74, 6) is 1.57. The number of H-pyrrole nitrogens is 1. The summed E-state index contributed by atoms with van der Waals surface area (Å²) in [7, 11) is 0. The Morgan fingerprint density at radius 1 is 1.00 bits per heavy atom. The highest BCUT2D eigenvalue weighted by atomic mass is 16.5. The number of anilines is 1. The van der Waals surface area contributed by atoms with Gasteiger partial charge in [0.15, 0.2) is 0 Å². The van der Waals surface area contributed by atoms with Gasteiger partial charge in [0.2, 0.25) is 0 Å². The molecule has 2 aromatic carbocycles. The molecule has 0 unspecified atom stereocenters. The second kappa shape index (κ2) is 6.39. The molecule has 0 bridgehead atoms. The fourth-order valence-electron chi connectivity index (χ4n) is 2.52. The third kappa shape index (κ3) is 3.14. The van der Waals surface area contributed by atoms with Crippen molar-refractivity contribution in [3.63, 3.8) is 0 Å². The van der Waals surface area contributed by atoms with Crippen molar-refractivity contribution in [1.29, 1.82) is 0 Å². The predicted octanol–water partition coefficient (Wildman–Crippen LogP) is 4.41. The summed E-state index contributed by atoms with van der Waals surface area (Å²) in [6.07, 6.45) is 0.954. The minimum Gasteiger partial charge on any atom is -0.489 e. The predicted molar refractivity (Wildman–Crippen MR) is 90.8 cm³/mol. The van der Waals surface area contributed by atoms with E-state index in [1.165, 1.54) is 5.56 Å². The monoisotopic (exact) mass is 292 g/mol. The highest BCUT2D eigenvalue weighted by Gasteiger charge is 2.07. The number of ether oxygens (including phenoxy) is 1. The summed E-state index contributed by atoms with van der Waals surface area (Å²) < 4.78 is 5.81. The molecule has 0 amide bonds. The molecule has 22 heavy (non-hydrogen) atoms. The molecule has 3 nitrogen and oxygen atoms in total. The van der Waals surface area contributed by atoms with Gasteiger partial charge in [-0.15, -0.1) is 0 Å². The molecule has 0 spiro atoms. The van der Waals surface area contributed by atoms with Crippen LogP contribution in [0.3, 0.4) is 0 Å². The standard InChI is InChI=1S/C19H20N2O/c1-2-15-12-18(20)21-19(15)16-8-10-17(11-9-16)22-13-14-6-4-3-5-7-14/h3-12,21H,2,13,20H2,1H3. The molecule has 1 heterocycles. The van der Waals surface area contributed by atoms with Gasteiger partial charge in [-0.25, -0.2) is 0 Å². The number of hydrogen-bond acceptors (Lipinski definition) is 2. The first kappa shape index (κ1) is 14.3. The normalized spacial score (nSPS) is 10.6. The Kier molecular flexibility index (Phi) is 4.15. The van der Waals surface area contributed by atoms with E-state index in [1.54, 1.807) is 0 Å². The number of nitrogen functional groups attached to an aromatic ring is 1. The van der Waals surface area contributed by atoms with Crippen molar-refractivity contribution in [3.8, 4) is 17.0 Å². The van der Waals surface area contributed by atoms with Gasteiger partial charge >= 0.3 is 0 Å². The molecular formula is C19H20N2O. The Bertz CT molecular complexity index is 730. The first-order chi connectivity index (χ1) is 10.8. The van der Waals surface area contributed by atoms with Gasteiger partial charge in [0.05, 0.1) is 5.69 Å². The van der Waals surface area contributed by atoms with E-state index in [9.17, 15) is 0 Å². The van der Waals surface area contributed by atoms with E-state index in [0.29, 0.717) is 12.4 Å². The Labute approximate surface area is 130 Å². The molecule has 0 aliphatic heterocycles. The minimum absolute atomic E-state index is 0.579. The highest BCUT2D eigenvalue weighted by molar-refractivity contribution is 5.67. The molecule has 112 valence electrons. The van der Waals surface area contributed by atoms with E-state index in [0.717, 1.165) is 29.0 Å². The van der Waals surface area contributed by atoms with Gasteiger partial charge in [0, 0.05) is 0 Å². The van der Waals surface area contributed by atoms with Crippen LogP contribution in [-0.4, -0.2) is 4.98 Å². The van der Waals surface area contributed by atoms with E-state index in [2.05, 4.69) is 36.2 Å². The number of nitrogens with two attached hydrogens (primary N) is 1. The first-order valence-corrected chi connectivity index (χ1v) is 7.51. The summed E-state index contributed by atoms with van der Waals surface area (Å²) in [5.41, 5.74) is 10.5. The third-order valence-corrected chi connectivity index (χ3v) is 3.69. The average Bonchev–Trinajstić information content (AvgIpc) is 2.95. The number of rotatable bonds is 5. The van der Waals surface area contributed by atoms with Crippen LogP contribution in [0.25, 0.3) is 11.3 Å². The van der Waals surface area contributed by atoms with Crippen LogP contribution in [0, 0.1) is 0 Å². The van der Waals surface area contributed by atoms with Crippen LogP contribution >= 0.6 is 0 Å². The fraction of sp³-hybridized carbons (Fsp3) is 0.158. The molecule has 0 aliphatic rings.